The summed E-state index contributed by atoms with van der Waals surface area (Å²) in [5.74, 6) is -1.22. The van der Waals surface area contributed by atoms with E-state index in [0.717, 1.165) is 5.56 Å². The Morgan fingerprint density at radius 3 is 2.31 bits per heavy atom. The molecule has 0 unspecified atom stereocenters. The van der Waals surface area contributed by atoms with Gasteiger partial charge in [-0.3, -0.25) is 9.59 Å². The third-order valence-corrected chi connectivity index (χ3v) is 3.02. The molecule has 3 nitrogen and oxygen atoms in total. The molecule has 16 heavy (non-hydrogen) atoms. The Morgan fingerprint density at radius 2 is 1.75 bits per heavy atom. The van der Waals surface area contributed by atoms with Gasteiger partial charge in [0.2, 0.25) is 0 Å². The Hall–Kier alpha value is -1.06. The fourth-order valence-corrected chi connectivity index (χ4v) is 2.30. The standard InChI is InChI=1S/C11H8Cl2O3/c12-7-1-2-8(9(13)5-7)6-3-10(14)16-11(15)4-6/h1-2,5-6H,3-4H2. The third kappa shape index (κ3) is 2.36. The van der Waals surface area contributed by atoms with Crippen molar-refractivity contribution in [3.63, 3.8) is 0 Å². The monoisotopic (exact) mass is 258 g/mol. The van der Waals surface area contributed by atoms with E-state index in [1.54, 1.807) is 18.2 Å². The second-order valence-corrected chi connectivity index (χ2v) is 4.46. The molecule has 84 valence electrons. The summed E-state index contributed by atoms with van der Waals surface area (Å²) in [6.07, 6.45) is 0.347. The van der Waals surface area contributed by atoms with Crippen molar-refractivity contribution in [2.75, 3.05) is 0 Å². The van der Waals surface area contributed by atoms with Crippen LogP contribution in [-0.4, -0.2) is 11.9 Å². The van der Waals surface area contributed by atoms with Crippen LogP contribution in [0.5, 0.6) is 0 Å². The molecule has 0 spiro atoms. The van der Waals surface area contributed by atoms with Gasteiger partial charge in [0.25, 0.3) is 0 Å². The molecule has 1 fully saturated rings. The van der Waals surface area contributed by atoms with Gasteiger partial charge in [-0.1, -0.05) is 29.3 Å². The Bertz CT molecular complexity index is 441. The maximum absolute atomic E-state index is 11.1. The summed E-state index contributed by atoms with van der Waals surface area (Å²) >= 11 is 11.8. The summed E-state index contributed by atoms with van der Waals surface area (Å²) in [6, 6.07) is 5.03. The highest BCUT2D eigenvalue weighted by Crippen LogP contribution is 2.34. The molecule has 2 rings (SSSR count). The quantitative estimate of drug-likeness (QED) is 0.575. The van der Waals surface area contributed by atoms with Crippen LogP contribution in [0.15, 0.2) is 18.2 Å². The van der Waals surface area contributed by atoms with Crippen molar-refractivity contribution in [3.8, 4) is 0 Å². The first-order valence-corrected chi connectivity index (χ1v) is 5.50. The zero-order chi connectivity index (χ0) is 11.7. The second kappa shape index (κ2) is 4.44. The SMILES string of the molecule is O=C1CC(c2ccc(Cl)cc2Cl)CC(=O)O1. The number of cyclic esters (lactones) is 2. The third-order valence-electron chi connectivity index (χ3n) is 2.46. The molecule has 0 aromatic heterocycles. The Balaban J connectivity index is 2.29. The molecular formula is C11H8Cl2O3. The molecule has 1 aliphatic heterocycles. The van der Waals surface area contributed by atoms with E-state index in [1.807, 2.05) is 0 Å². The van der Waals surface area contributed by atoms with Gasteiger partial charge in [-0.15, -0.1) is 0 Å². The predicted octanol–water partition coefficient (Wildman–Crippen LogP) is 2.94. The number of hydrogen-bond acceptors (Lipinski definition) is 3. The minimum atomic E-state index is -0.507. The molecule has 0 amide bonds. The Morgan fingerprint density at radius 1 is 1.12 bits per heavy atom. The van der Waals surface area contributed by atoms with Crippen molar-refractivity contribution in [3.05, 3.63) is 33.8 Å². The molecule has 0 radical (unpaired) electrons. The first-order chi connectivity index (χ1) is 7.56. The van der Waals surface area contributed by atoms with Crippen LogP contribution < -0.4 is 0 Å². The molecule has 0 aliphatic carbocycles. The zero-order valence-corrected chi connectivity index (χ0v) is 9.72. The molecule has 5 heteroatoms. The minimum Gasteiger partial charge on any atom is -0.393 e. The van der Waals surface area contributed by atoms with Crippen molar-refractivity contribution < 1.29 is 14.3 Å². The molecule has 1 aromatic carbocycles. The minimum absolute atomic E-state index is 0.174. The number of halogens is 2. The largest absolute Gasteiger partial charge is 0.393 e. The van der Waals surface area contributed by atoms with Gasteiger partial charge in [0.05, 0.1) is 12.8 Å². The van der Waals surface area contributed by atoms with Crippen LogP contribution in [0.4, 0.5) is 0 Å². The number of esters is 2. The average molecular weight is 259 g/mol. The van der Waals surface area contributed by atoms with Gasteiger partial charge in [0, 0.05) is 16.0 Å². The van der Waals surface area contributed by atoms with Crippen LogP contribution in [0.25, 0.3) is 0 Å². The second-order valence-electron chi connectivity index (χ2n) is 3.62. The molecule has 1 aliphatic rings. The lowest BCUT2D eigenvalue weighted by Gasteiger charge is -2.20. The smallest absolute Gasteiger partial charge is 0.314 e. The summed E-state index contributed by atoms with van der Waals surface area (Å²) in [7, 11) is 0. The van der Waals surface area contributed by atoms with E-state index in [-0.39, 0.29) is 18.8 Å². The van der Waals surface area contributed by atoms with Gasteiger partial charge in [-0.2, -0.15) is 0 Å². The molecule has 1 saturated heterocycles. The van der Waals surface area contributed by atoms with Crippen LogP contribution in [0.1, 0.15) is 24.3 Å². The van der Waals surface area contributed by atoms with E-state index in [2.05, 4.69) is 4.74 Å². The maximum Gasteiger partial charge on any atom is 0.314 e. The lowest BCUT2D eigenvalue weighted by molar-refractivity contribution is -0.163. The molecule has 1 heterocycles. The number of carbonyl (C=O) groups is 2. The van der Waals surface area contributed by atoms with E-state index in [1.165, 1.54) is 0 Å². The van der Waals surface area contributed by atoms with E-state index >= 15 is 0 Å². The van der Waals surface area contributed by atoms with Crippen molar-refractivity contribution >= 4 is 35.1 Å². The molecule has 0 N–H and O–H groups in total. The fraction of sp³-hybridized carbons (Fsp3) is 0.273. The van der Waals surface area contributed by atoms with Crippen molar-refractivity contribution in [2.24, 2.45) is 0 Å². The van der Waals surface area contributed by atoms with Crippen LogP contribution in [0, 0.1) is 0 Å². The summed E-state index contributed by atoms with van der Waals surface area (Å²) in [5.41, 5.74) is 0.760. The Labute approximate surface area is 102 Å². The van der Waals surface area contributed by atoms with Gasteiger partial charge < -0.3 is 4.74 Å². The van der Waals surface area contributed by atoms with Crippen LogP contribution in [0.3, 0.4) is 0 Å². The van der Waals surface area contributed by atoms with E-state index < -0.39 is 11.9 Å². The van der Waals surface area contributed by atoms with Gasteiger partial charge in [-0.05, 0) is 17.7 Å². The normalized spacial score (nSPS) is 17.4. The summed E-state index contributed by atoms with van der Waals surface area (Å²) in [4.78, 5) is 22.2. The summed E-state index contributed by atoms with van der Waals surface area (Å²) in [5, 5.41) is 0.999. The lowest BCUT2D eigenvalue weighted by atomic mass is 9.91. The van der Waals surface area contributed by atoms with Crippen molar-refractivity contribution in [1.82, 2.24) is 0 Å². The number of hydrogen-bond donors (Lipinski definition) is 0. The highest BCUT2D eigenvalue weighted by atomic mass is 35.5. The molecule has 0 atom stereocenters. The van der Waals surface area contributed by atoms with E-state index in [0.29, 0.717) is 10.0 Å². The van der Waals surface area contributed by atoms with Crippen molar-refractivity contribution in [1.29, 1.82) is 0 Å². The number of benzene rings is 1. The first-order valence-electron chi connectivity index (χ1n) is 4.74. The molecule has 0 bridgehead atoms. The summed E-state index contributed by atoms with van der Waals surface area (Å²) in [6.45, 7) is 0. The van der Waals surface area contributed by atoms with Gasteiger partial charge in [0.1, 0.15) is 0 Å². The molecule has 1 aromatic rings. The first kappa shape index (κ1) is 11.4. The van der Waals surface area contributed by atoms with Crippen LogP contribution >= 0.6 is 23.2 Å². The van der Waals surface area contributed by atoms with Crippen molar-refractivity contribution in [2.45, 2.75) is 18.8 Å². The topological polar surface area (TPSA) is 43.4 Å². The van der Waals surface area contributed by atoms with Crippen LogP contribution in [-0.2, 0) is 14.3 Å². The average Bonchev–Trinajstić information content (AvgIpc) is 2.15. The highest BCUT2D eigenvalue weighted by molar-refractivity contribution is 6.35. The summed E-state index contributed by atoms with van der Waals surface area (Å²) < 4.78 is 4.45. The number of ether oxygens (including phenoxy) is 1. The van der Waals surface area contributed by atoms with Gasteiger partial charge in [-0.25, -0.2) is 0 Å². The van der Waals surface area contributed by atoms with Crippen LogP contribution in [0.2, 0.25) is 10.0 Å². The predicted molar refractivity (Wildman–Crippen MR) is 59.5 cm³/mol. The number of carbonyl (C=O) groups excluding carboxylic acids is 2. The molecule has 0 saturated carbocycles. The van der Waals surface area contributed by atoms with E-state index in [9.17, 15) is 9.59 Å². The zero-order valence-electron chi connectivity index (χ0n) is 8.20. The Kier molecular flexibility index (Phi) is 3.17. The van der Waals surface area contributed by atoms with E-state index in [4.69, 9.17) is 23.2 Å². The van der Waals surface area contributed by atoms with Gasteiger partial charge in [0.15, 0.2) is 0 Å². The number of rotatable bonds is 1. The van der Waals surface area contributed by atoms with Gasteiger partial charge >= 0.3 is 11.9 Å². The maximum atomic E-state index is 11.1. The lowest BCUT2D eigenvalue weighted by Crippen LogP contribution is -2.24. The molecular weight excluding hydrogens is 251 g/mol. The fourth-order valence-electron chi connectivity index (χ4n) is 1.74. The highest BCUT2D eigenvalue weighted by Gasteiger charge is 2.29.